The Morgan fingerprint density at radius 3 is 2.81 bits per heavy atom. The third kappa shape index (κ3) is 2.08. The van der Waals surface area contributed by atoms with E-state index in [2.05, 4.69) is 29.4 Å². The normalized spacial score (nSPS) is 12.7. The number of hydrogen-bond donors (Lipinski definition) is 1. The Kier molecular flexibility index (Phi) is 2.94. The second-order valence-electron chi connectivity index (χ2n) is 3.83. The first-order valence-electron chi connectivity index (χ1n) is 5.47. The van der Waals surface area contributed by atoms with E-state index in [4.69, 9.17) is 0 Å². The van der Waals surface area contributed by atoms with Crippen molar-refractivity contribution in [2.45, 2.75) is 26.4 Å². The van der Waals surface area contributed by atoms with Gasteiger partial charge in [-0.2, -0.15) is 10.2 Å². The summed E-state index contributed by atoms with van der Waals surface area (Å²) in [5, 5.41) is 11.8. The van der Waals surface area contributed by atoms with E-state index in [0.717, 1.165) is 17.9 Å². The molecule has 0 aliphatic heterocycles. The van der Waals surface area contributed by atoms with E-state index in [1.165, 1.54) is 0 Å². The van der Waals surface area contributed by atoms with Crippen LogP contribution in [0.2, 0.25) is 0 Å². The van der Waals surface area contributed by atoms with Gasteiger partial charge in [-0.1, -0.05) is 0 Å². The highest BCUT2D eigenvalue weighted by Crippen LogP contribution is 2.17. The zero-order valence-electron chi connectivity index (χ0n) is 9.88. The number of aryl methyl sites for hydroxylation is 2. The van der Waals surface area contributed by atoms with Gasteiger partial charge in [-0.05, 0) is 19.9 Å². The summed E-state index contributed by atoms with van der Waals surface area (Å²) in [4.78, 5) is 0. The smallest absolute Gasteiger partial charge is 0.0731 e. The molecule has 0 aliphatic rings. The molecule has 0 saturated heterocycles. The molecule has 1 atom stereocenters. The van der Waals surface area contributed by atoms with Gasteiger partial charge < -0.3 is 5.32 Å². The molecule has 5 nitrogen and oxygen atoms in total. The third-order valence-electron chi connectivity index (χ3n) is 2.64. The molecule has 0 spiro atoms. The quantitative estimate of drug-likeness (QED) is 0.853. The number of hydrogen-bond acceptors (Lipinski definition) is 3. The lowest BCUT2D eigenvalue weighted by Crippen LogP contribution is -2.10. The molecule has 0 saturated carbocycles. The zero-order valence-corrected chi connectivity index (χ0v) is 9.88. The minimum absolute atomic E-state index is 0.224. The molecule has 16 heavy (non-hydrogen) atoms. The van der Waals surface area contributed by atoms with Crippen LogP contribution in [0, 0.1) is 0 Å². The Bertz CT molecular complexity index is 456. The molecule has 2 aromatic heterocycles. The molecule has 2 heterocycles. The Labute approximate surface area is 95.1 Å². The summed E-state index contributed by atoms with van der Waals surface area (Å²) in [6.07, 6.45) is 5.66. The number of nitrogens with zero attached hydrogens (tertiary/aromatic N) is 4. The van der Waals surface area contributed by atoms with Crippen LogP contribution in [0.15, 0.2) is 24.7 Å². The standard InChI is InChI=1S/C11H17N5/c1-4-16-8-10(7-13-16)14-9(2)11-5-6-12-15(11)3/h5-9,14H,4H2,1-3H3. The van der Waals surface area contributed by atoms with Crippen LogP contribution in [0.3, 0.4) is 0 Å². The summed E-state index contributed by atoms with van der Waals surface area (Å²) >= 11 is 0. The average Bonchev–Trinajstić information content (AvgIpc) is 2.86. The molecule has 86 valence electrons. The summed E-state index contributed by atoms with van der Waals surface area (Å²) in [5.41, 5.74) is 2.19. The first-order chi connectivity index (χ1) is 7.70. The highest BCUT2D eigenvalue weighted by molar-refractivity contribution is 5.40. The van der Waals surface area contributed by atoms with Gasteiger partial charge in [-0.15, -0.1) is 0 Å². The average molecular weight is 219 g/mol. The van der Waals surface area contributed by atoms with Crippen molar-refractivity contribution < 1.29 is 0 Å². The predicted molar refractivity (Wildman–Crippen MR) is 63.1 cm³/mol. The van der Waals surface area contributed by atoms with Crippen molar-refractivity contribution in [1.29, 1.82) is 0 Å². The molecule has 0 bridgehead atoms. The second-order valence-corrected chi connectivity index (χ2v) is 3.83. The van der Waals surface area contributed by atoms with E-state index in [1.807, 2.05) is 41.1 Å². The maximum absolute atomic E-state index is 4.22. The van der Waals surface area contributed by atoms with Crippen molar-refractivity contribution in [3.8, 4) is 0 Å². The zero-order chi connectivity index (χ0) is 11.5. The van der Waals surface area contributed by atoms with Gasteiger partial charge in [0, 0.05) is 26.0 Å². The molecule has 0 aromatic carbocycles. The predicted octanol–water partition coefficient (Wildman–Crippen LogP) is 1.81. The maximum Gasteiger partial charge on any atom is 0.0731 e. The minimum Gasteiger partial charge on any atom is -0.374 e. The van der Waals surface area contributed by atoms with E-state index in [0.29, 0.717) is 0 Å². The van der Waals surface area contributed by atoms with Crippen molar-refractivity contribution in [2.24, 2.45) is 7.05 Å². The molecule has 0 radical (unpaired) electrons. The highest BCUT2D eigenvalue weighted by atomic mass is 15.3. The lowest BCUT2D eigenvalue weighted by atomic mass is 10.2. The summed E-state index contributed by atoms with van der Waals surface area (Å²) in [5.74, 6) is 0. The fourth-order valence-electron chi connectivity index (χ4n) is 1.74. The first-order valence-corrected chi connectivity index (χ1v) is 5.47. The number of nitrogens with one attached hydrogen (secondary N) is 1. The van der Waals surface area contributed by atoms with Crippen LogP contribution in [-0.4, -0.2) is 19.6 Å². The van der Waals surface area contributed by atoms with Gasteiger partial charge in [0.25, 0.3) is 0 Å². The van der Waals surface area contributed by atoms with Crippen molar-refractivity contribution in [3.63, 3.8) is 0 Å². The number of anilines is 1. The van der Waals surface area contributed by atoms with E-state index in [-0.39, 0.29) is 6.04 Å². The number of aromatic nitrogens is 4. The Hall–Kier alpha value is -1.78. The SMILES string of the molecule is CCn1cc(NC(C)c2ccnn2C)cn1. The molecule has 5 heteroatoms. The van der Waals surface area contributed by atoms with Crippen molar-refractivity contribution in [3.05, 3.63) is 30.4 Å². The van der Waals surface area contributed by atoms with Crippen molar-refractivity contribution in [2.75, 3.05) is 5.32 Å². The Morgan fingerprint density at radius 1 is 1.44 bits per heavy atom. The summed E-state index contributed by atoms with van der Waals surface area (Å²) in [7, 11) is 1.95. The van der Waals surface area contributed by atoms with Crippen LogP contribution in [-0.2, 0) is 13.6 Å². The highest BCUT2D eigenvalue weighted by Gasteiger charge is 2.09. The van der Waals surface area contributed by atoms with Gasteiger partial charge in [0.05, 0.1) is 23.6 Å². The number of rotatable bonds is 4. The van der Waals surface area contributed by atoms with Crippen molar-refractivity contribution in [1.82, 2.24) is 19.6 Å². The lowest BCUT2D eigenvalue weighted by molar-refractivity contribution is 0.659. The van der Waals surface area contributed by atoms with E-state index < -0.39 is 0 Å². The summed E-state index contributed by atoms with van der Waals surface area (Å²) in [6.45, 7) is 5.07. The molecular weight excluding hydrogens is 202 g/mol. The largest absolute Gasteiger partial charge is 0.374 e. The minimum atomic E-state index is 0.224. The van der Waals surface area contributed by atoms with E-state index >= 15 is 0 Å². The van der Waals surface area contributed by atoms with E-state index in [1.54, 1.807) is 0 Å². The fourth-order valence-corrected chi connectivity index (χ4v) is 1.74. The first kappa shape index (κ1) is 10.7. The lowest BCUT2D eigenvalue weighted by Gasteiger charge is -2.13. The van der Waals surface area contributed by atoms with Crippen LogP contribution < -0.4 is 5.32 Å². The van der Waals surface area contributed by atoms with Crippen LogP contribution in [0.25, 0.3) is 0 Å². The molecule has 0 amide bonds. The van der Waals surface area contributed by atoms with Crippen LogP contribution >= 0.6 is 0 Å². The van der Waals surface area contributed by atoms with Gasteiger partial charge in [-0.3, -0.25) is 9.36 Å². The second kappa shape index (κ2) is 4.38. The van der Waals surface area contributed by atoms with Crippen molar-refractivity contribution >= 4 is 5.69 Å². The molecule has 0 aliphatic carbocycles. The molecule has 1 N–H and O–H groups in total. The molecular formula is C11H17N5. The Morgan fingerprint density at radius 2 is 2.25 bits per heavy atom. The third-order valence-corrected chi connectivity index (χ3v) is 2.64. The topological polar surface area (TPSA) is 47.7 Å². The Balaban J connectivity index is 2.07. The summed E-state index contributed by atoms with van der Waals surface area (Å²) < 4.78 is 3.78. The molecule has 2 rings (SSSR count). The van der Waals surface area contributed by atoms with Gasteiger partial charge in [0.1, 0.15) is 0 Å². The fraction of sp³-hybridized carbons (Fsp3) is 0.455. The molecule has 0 fully saturated rings. The van der Waals surface area contributed by atoms with Gasteiger partial charge >= 0.3 is 0 Å². The van der Waals surface area contributed by atoms with Crippen LogP contribution in [0.5, 0.6) is 0 Å². The molecule has 1 unspecified atom stereocenters. The maximum atomic E-state index is 4.22. The van der Waals surface area contributed by atoms with E-state index in [9.17, 15) is 0 Å². The van der Waals surface area contributed by atoms with Crippen LogP contribution in [0.4, 0.5) is 5.69 Å². The van der Waals surface area contributed by atoms with Gasteiger partial charge in [0.2, 0.25) is 0 Å². The molecule has 2 aromatic rings. The monoisotopic (exact) mass is 219 g/mol. The summed E-state index contributed by atoms with van der Waals surface area (Å²) in [6, 6.07) is 2.24. The van der Waals surface area contributed by atoms with Gasteiger partial charge in [0.15, 0.2) is 0 Å². The van der Waals surface area contributed by atoms with Gasteiger partial charge in [-0.25, -0.2) is 0 Å². The van der Waals surface area contributed by atoms with Crippen LogP contribution in [0.1, 0.15) is 25.6 Å².